The molecule has 3 unspecified atom stereocenters. The molecule has 2 aromatic carbocycles. The predicted molar refractivity (Wildman–Crippen MR) is 136 cm³/mol. The van der Waals surface area contributed by atoms with Crippen molar-refractivity contribution in [2.45, 2.75) is 25.4 Å². The second kappa shape index (κ2) is 11.9. The predicted octanol–water partition coefficient (Wildman–Crippen LogP) is 5.06. The van der Waals surface area contributed by atoms with Crippen LogP contribution < -0.4 is 4.74 Å². The lowest BCUT2D eigenvalue weighted by molar-refractivity contribution is -0.146. The van der Waals surface area contributed by atoms with E-state index in [0.717, 1.165) is 18.2 Å². The number of nitrogens with zero attached hydrogens (tertiary/aromatic N) is 2. The van der Waals surface area contributed by atoms with Crippen LogP contribution in [0.4, 0.5) is 8.78 Å². The summed E-state index contributed by atoms with van der Waals surface area (Å²) in [5, 5.41) is 22.0. The van der Waals surface area contributed by atoms with E-state index in [1.54, 1.807) is 25.3 Å². The van der Waals surface area contributed by atoms with Gasteiger partial charge in [0.25, 0.3) is 0 Å². The summed E-state index contributed by atoms with van der Waals surface area (Å²) >= 11 is 6.40. The quantitative estimate of drug-likeness (QED) is 0.417. The van der Waals surface area contributed by atoms with Crippen LogP contribution in [0.3, 0.4) is 0 Å². The first-order chi connectivity index (χ1) is 17.7. The van der Waals surface area contributed by atoms with Gasteiger partial charge in [0, 0.05) is 35.3 Å². The monoisotopic (exact) mass is 528 g/mol. The molecule has 0 saturated carbocycles. The number of pyridine rings is 1. The maximum absolute atomic E-state index is 13.3. The van der Waals surface area contributed by atoms with Crippen LogP contribution in [0.25, 0.3) is 10.9 Å². The van der Waals surface area contributed by atoms with Crippen molar-refractivity contribution in [3.63, 3.8) is 0 Å². The molecule has 6 nitrogen and oxygen atoms in total. The molecule has 4 rings (SSSR count). The van der Waals surface area contributed by atoms with Gasteiger partial charge in [0.1, 0.15) is 17.4 Å². The summed E-state index contributed by atoms with van der Waals surface area (Å²) < 4.78 is 32.0. The number of aromatic nitrogens is 1. The minimum Gasteiger partial charge on any atom is -0.497 e. The van der Waals surface area contributed by atoms with E-state index in [9.17, 15) is 23.8 Å². The van der Waals surface area contributed by atoms with Crippen LogP contribution in [0.1, 0.15) is 36.5 Å². The third-order valence-corrected chi connectivity index (χ3v) is 7.07. The molecule has 2 N–H and O–H groups in total. The first-order valence-corrected chi connectivity index (χ1v) is 12.3. The van der Waals surface area contributed by atoms with Gasteiger partial charge < -0.3 is 14.9 Å². The zero-order valence-electron chi connectivity index (χ0n) is 20.3. The van der Waals surface area contributed by atoms with Gasteiger partial charge in [0.05, 0.1) is 36.2 Å². The first kappa shape index (κ1) is 26.8. The number of hydrogen-bond acceptors (Lipinski definition) is 5. The first-order valence-electron chi connectivity index (χ1n) is 12.0. The van der Waals surface area contributed by atoms with E-state index in [1.807, 2.05) is 4.90 Å². The number of hydrogen-bond donors (Lipinski definition) is 2. The van der Waals surface area contributed by atoms with Crippen LogP contribution >= 0.6 is 11.6 Å². The second-order valence-corrected chi connectivity index (χ2v) is 9.59. The fourth-order valence-corrected chi connectivity index (χ4v) is 5.14. The van der Waals surface area contributed by atoms with Gasteiger partial charge in [0.15, 0.2) is 0 Å². The summed E-state index contributed by atoms with van der Waals surface area (Å²) in [5.74, 6) is 3.19. The zero-order chi connectivity index (χ0) is 26.5. The number of fused-ring (bicyclic) bond motifs is 1. The van der Waals surface area contributed by atoms with Crippen LogP contribution in [0.15, 0.2) is 42.6 Å². The number of carboxylic acids is 1. The number of aliphatic hydroxyl groups is 1. The number of benzene rings is 2. The average molecular weight is 529 g/mol. The molecule has 1 aliphatic heterocycles. The van der Waals surface area contributed by atoms with Gasteiger partial charge in [-0.3, -0.25) is 14.7 Å². The highest BCUT2D eigenvalue weighted by molar-refractivity contribution is 6.32. The third-order valence-electron chi connectivity index (χ3n) is 6.77. The number of carbonyl (C=O) groups is 1. The number of ether oxygens (including phenoxy) is 1. The van der Waals surface area contributed by atoms with Crippen molar-refractivity contribution in [1.82, 2.24) is 9.88 Å². The van der Waals surface area contributed by atoms with Gasteiger partial charge in [0.2, 0.25) is 0 Å². The summed E-state index contributed by atoms with van der Waals surface area (Å²) in [7, 11) is 1.56. The van der Waals surface area contributed by atoms with Gasteiger partial charge in [-0.25, -0.2) is 8.78 Å². The molecular weight excluding hydrogens is 502 g/mol. The van der Waals surface area contributed by atoms with E-state index in [4.69, 9.17) is 16.3 Å². The molecule has 3 aromatic rings. The molecule has 0 radical (unpaired) electrons. The largest absolute Gasteiger partial charge is 0.497 e. The molecule has 1 aliphatic rings. The van der Waals surface area contributed by atoms with Gasteiger partial charge in [-0.1, -0.05) is 23.4 Å². The van der Waals surface area contributed by atoms with E-state index < -0.39 is 29.6 Å². The topological polar surface area (TPSA) is 82.9 Å². The molecule has 0 amide bonds. The Morgan fingerprint density at radius 2 is 2.03 bits per heavy atom. The molecule has 9 heteroatoms. The van der Waals surface area contributed by atoms with E-state index in [-0.39, 0.29) is 18.0 Å². The van der Waals surface area contributed by atoms with Crippen LogP contribution in [-0.2, 0) is 4.79 Å². The maximum Gasteiger partial charge on any atom is 0.308 e. The fourth-order valence-electron chi connectivity index (χ4n) is 4.87. The summed E-state index contributed by atoms with van der Waals surface area (Å²) in [6, 6.07) is 8.46. The Bertz CT molecular complexity index is 1340. The van der Waals surface area contributed by atoms with Crippen LogP contribution in [-0.4, -0.2) is 52.8 Å². The standard InChI is InChI=1S/C28H27ClF2N2O4/c1-37-21-5-6-25-22(14-21)27(24(29)15-32-25)26(34)7-4-18-8-10-33(16-23(18)28(35)36)9-2-3-17-11-19(30)13-20(31)12-17/h5-6,11-15,18,23,26,34H,4,7-10,16H2,1H3,(H,35,36). The SMILES string of the molecule is COc1ccc2ncc(Cl)c(C(O)CCC3CCN(CC#Cc4cc(F)cc(F)c4)CC3C(=O)O)c2c1. The summed E-state index contributed by atoms with van der Waals surface area (Å²) in [6.45, 7) is 1.23. The number of halogens is 3. The molecule has 1 aromatic heterocycles. The molecule has 0 aliphatic carbocycles. The number of likely N-dealkylation sites (tertiary alicyclic amines) is 1. The number of methoxy groups -OCH3 is 1. The van der Waals surface area contributed by atoms with Crippen molar-refractivity contribution in [3.8, 4) is 17.6 Å². The lowest BCUT2D eigenvalue weighted by Gasteiger charge is -2.36. The van der Waals surface area contributed by atoms with Crippen molar-refractivity contribution in [1.29, 1.82) is 0 Å². The number of rotatable bonds is 7. The zero-order valence-corrected chi connectivity index (χ0v) is 21.0. The number of aliphatic hydroxyl groups excluding tert-OH is 1. The van der Waals surface area contributed by atoms with Gasteiger partial charge in [-0.05, 0) is 62.1 Å². The Hall–Kier alpha value is -3.25. The highest BCUT2D eigenvalue weighted by Gasteiger charge is 2.34. The molecule has 1 saturated heterocycles. The Kier molecular flexibility index (Phi) is 8.59. The second-order valence-electron chi connectivity index (χ2n) is 9.18. The number of aliphatic carboxylic acids is 1. The van der Waals surface area contributed by atoms with E-state index in [0.29, 0.717) is 59.6 Å². The Balaban J connectivity index is 1.41. The van der Waals surface area contributed by atoms with E-state index >= 15 is 0 Å². The van der Waals surface area contributed by atoms with Crippen molar-refractivity contribution in [2.24, 2.45) is 11.8 Å². The van der Waals surface area contributed by atoms with E-state index in [1.165, 1.54) is 6.20 Å². The molecule has 37 heavy (non-hydrogen) atoms. The van der Waals surface area contributed by atoms with Crippen LogP contribution in [0.5, 0.6) is 5.75 Å². The smallest absolute Gasteiger partial charge is 0.308 e. The lowest BCUT2D eigenvalue weighted by Crippen LogP contribution is -2.44. The maximum atomic E-state index is 13.3. The molecular formula is C28H27ClF2N2O4. The summed E-state index contributed by atoms with van der Waals surface area (Å²) in [5.41, 5.74) is 1.47. The van der Waals surface area contributed by atoms with Gasteiger partial charge >= 0.3 is 5.97 Å². The Morgan fingerprint density at radius 3 is 2.73 bits per heavy atom. The summed E-state index contributed by atoms with van der Waals surface area (Å²) in [4.78, 5) is 18.3. The van der Waals surface area contributed by atoms with Crippen molar-refractivity contribution in [2.75, 3.05) is 26.7 Å². The van der Waals surface area contributed by atoms with E-state index in [2.05, 4.69) is 16.8 Å². The Labute approximate surface area is 218 Å². The van der Waals surface area contributed by atoms with Gasteiger partial charge in [-0.15, -0.1) is 0 Å². The summed E-state index contributed by atoms with van der Waals surface area (Å²) in [6.07, 6.45) is 2.08. The van der Waals surface area contributed by atoms with Gasteiger partial charge in [-0.2, -0.15) is 0 Å². The number of piperidine rings is 1. The lowest BCUT2D eigenvalue weighted by atomic mass is 9.81. The highest BCUT2D eigenvalue weighted by Crippen LogP contribution is 2.36. The third kappa shape index (κ3) is 6.55. The molecule has 3 atom stereocenters. The number of carboxylic acid groups (broad SMARTS) is 1. The van der Waals surface area contributed by atoms with Crippen molar-refractivity contribution < 1.29 is 28.5 Å². The van der Waals surface area contributed by atoms with Crippen LogP contribution in [0.2, 0.25) is 5.02 Å². The molecule has 1 fully saturated rings. The van der Waals surface area contributed by atoms with Crippen LogP contribution in [0, 0.1) is 35.3 Å². The molecule has 194 valence electrons. The molecule has 0 spiro atoms. The highest BCUT2D eigenvalue weighted by atomic mass is 35.5. The fraction of sp³-hybridized carbons (Fsp3) is 0.357. The molecule has 2 heterocycles. The van der Waals surface area contributed by atoms with Crippen molar-refractivity contribution >= 4 is 28.5 Å². The molecule has 0 bridgehead atoms. The minimum atomic E-state index is -0.901. The normalized spacial score (nSPS) is 18.7. The minimum absolute atomic E-state index is 0.130. The average Bonchev–Trinajstić information content (AvgIpc) is 2.86. The Morgan fingerprint density at radius 1 is 1.27 bits per heavy atom. The van der Waals surface area contributed by atoms with Crippen molar-refractivity contribution in [3.05, 3.63) is 70.4 Å².